The monoisotopic (exact) mass is 487 g/mol. The van der Waals surface area contributed by atoms with Crippen LogP contribution in [0.4, 0.5) is 5.69 Å². The second-order valence-corrected chi connectivity index (χ2v) is 11.8. The number of para-hydroxylation sites is 1. The first kappa shape index (κ1) is 25.0. The molecule has 0 aromatic heterocycles. The van der Waals surface area contributed by atoms with E-state index in [-0.39, 0.29) is 0 Å². The lowest BCUT2D eigenvalue weighted by Gasteiger charge is -2.49. The highest BCUT2D eigenvalue weighted by Gasteiger charge is 2.57. The van der Waals surface area contributed by atoms with Gasteiger partial charge in [0.05, 0.1) is 0 Å². The Bertz CT molecular complexity index is 1110. The number of likely N-dealkylation sites (tertiary alicyclic amines) is 2. The number of fused-ring (bicyclic) bond motifs is 1. The molecule has 0 aliphatic carbocycles. The Labute approximate surface area is 216 Å². The lowest BCUT2D eigenvalue weighted by molar-refractivity contribution is -0.146. The maximum Gasteiger partial charge on any atom is 0.319 e. The highest BCUT2D eigenvalue weighted by atomic mass is 16.4. The average molecular weight is 488 g/mol. The lowest BCUT2D eigenvalue weighted by atomic mass is 9.56. The summed E-state index contributed by atoms with van der Waals surface area (Å²) in [5, 5.41) is 14.7. The average Bonchev–Trinajstić information content (AvgIpc) is 2.89. The van der Waals surface area contributed by atoms with E-state index >= 15 is 0 Å². The van der Waals surface area contributed by atoms with Crippen LogP contribution in [0.2, 0.25) is 0 Å². The van der Waals surface area contributed by atoms with Crippen molar-refractivity contribution in [2.24, 2.45) is 5.41 Å². The Balaban J connectivity index is 1.55. The molecule has 0 spiro atoms. The molecule has 5 nitrogen and oxygen atoms in total. The van der Waals surface area contributed by atoms with E-state index in [2.05, 4.69) is 48.0 Å². The molecule has 36 heavy (non-hydrogen) atoms. The fourth-order valence-electron chi connectivity index (χ4n) is 6.90. The number of benzene rings is 2. The Kier molecular flexibility index (Phi) is 6.97. The third-order valence-electron chi connectivity index (χ3n) is 8.70. The number of hydrogen-bond donors (Lipinski definition) is 2. The Morgan fingerprint density at radius 3 is 2.22 bits per heavy atom. The van der Waals surface area contributed by atoms with Gasteiger partial charge in [-0.15, -0.1) is 0 Å². The number of carboxylic acids is 1. The largest absolute Gasteiger partial charge is 0.480 e. The molecule has 2 fully saturated rings. The molecule has 2 aromatic rings. The summed E-state index contributed by atoms with van der Waals surface area (Å²) in [4.78, 5) is 18.7. The first-order valence-corrected chi connectivity index (χ1v) is 13.7. The number of piperidine rings is 2. The van der Waals surface area contributed by atoms with Gasteiger partial charge in [0.1, 0.15) is 5.41 Å². The van der Waals surface area contributed by atoms with E-state index in [9.17, 15) is 9.90 Å². The smallest absolute Gasteiger partial charge is 0.319 e. The van der Waals surface area contributed by atoms with Crippen LogP contribution in [0.3, 0.4) is 0 Å². The minimum Gasteiger partial charge on any atom is -0.480 e. The summed E-state index contributed by atoms with van der Waals surface area (Å²) in [5.41, 5.74) is 3.06. The predicted molar refractivity (Wildman–Crippen MR) is 147 cm³/mol. The van der Waals surface area contributed by atoms with Crippen LogP contribution in [0.25, 0.3) is 5.70 Å². The van der Waals surface area contributed by atoms with E-state index in [1.165, 1.54) is 32.4 Å². The van der Waals surface area contributed by atoms with E-state index in [1.54, 1.807) is 0 Å². The van der Waals surface area contributed by atoms with Crippen molar-refractivity contribution in [1.82, 2.24) is 9.80 Å². The van der Waals surface area contributed by atoms with Crippen molar-refractivity contribution >= 4 is 17.4 Å². The number of aliphatic carboxylic acids is 1. The molecule has 2 N–H and O–H groups in total. The molecular weight excluding hydrogens is 446 g/mol. The molecule has 3 aliphatic rings. The van der Waals surface area contributed by atoms with E-state index in [1.807, 2.05) is 42.5 Å². The first-order valence-electron chi connectivity index (χ1n) is 13.7. The normalized spacial score (nSPS) is 24.3. The van der Waals surface area contributed by atoms with Gasteiger partial charge in [-0.25, -0.2) is 0 Å². The summed E-state index contributed by atoms with van der Waals surface area (Å²) < 4.78 is 0. The van der Waals surface area contributed by atoms with E-state index < -0.39 is 16.8 Å². The zero-order chi connectivity index (χ0) is 25.3. The van der Waals surface area contributed by atoms with Crippen LogP contribution < -0.4 is 5.32 Å². The van der Waals surface area contributed by atoms with Crippen LogP contribution in [-0.4, -0.2) is 59.6 Å². The third kappa shape index (κ3) is 4.37. The molecule has 5 heteroatoms. The maximum atomic E-state index is 13.5. The van der Waals surface area contributed by atoms with Gasteiger partial charge < -0.3 is 15.3 Å². The number of nitrogens with zero attached hydrogens (tertiary/aromatic N) is 2. The highest BCUT2D eigenvalue weighted by molar-refractivity contribution is 5.98. The fourth-order valence-corrected chi connectivity index (χ4v) is 6.90. The summed E-state index contributed by atoms with van der Waals surface area (Å²) in [6.45, 7) is 11.4. The van der Waals surface area contributed by atoms with Gasteiger partial charge in [0.2, 0.25) is 0 Å². The van der Waals surface area contributed by atoms with Crippen LogP contribution >= 0.6 is 0 Å². The van der Waals surface area contributed by atoms with Crippen LogP contribution in [0.15, 0.2) is 60.2 Å². The van der Waals surface area contributed by atoms with Crippen molar-refractivity contribution in [3.8, 4) is 0 Å². The minimum absolute atomic E-state index is 0.529. The van der Waals surface area contributed by atoms with Gasteiger partial charge in [0, 0.05) is 24.0 Å². The second kappa shape index (κ2) is 10.0. The van der Waals surface area contributed by atoms with Crippen LogP contribution in [0, 0.1) is 5.41 Å². The molecule has 3 heterocycles. The van der Waals surface area contributed by atoms with Crippen molar-refractivity contribution in [3.63, 3.8) is 0 Å². The zero-order valence-electron chi connectivity index (χ0n) is 22.1. The van der Waals surface area contributed by atoms with Crippen molar-refractivity contribution in [2.75, 3.05) is 38.0 Å². The molecule has 3 aliphatic heterocycles. The lowest BCUT2D eigenvalue weighted by Crippen LogP contribution is -2.54. The summed E-state index contributed by atoms with van der Waals surface area (Å²) in [7, 11) is 0. The maximum absolute atomic E-state index is 13.5. The number of nitrogens with one attached hydrogen (secondary N) is 1. The second-order valence-electron chi connectivity index (χ2n) is 11.8. The van der Waals surface area contributed by atoms with Gasteiger partial charge in [-0.05, 0) is 80.0 Å². The van der Waals surface area contributed by atoms with Crippen LogP contribution in [0.5, 0.6) is 0 Å². The summed E-state index contributed by atoms with van der Waals surface area (Å²) >= 11 is 0. The number of hydrogen-bond acceptors (Lipinski definition) is 4. The van der Waals surface area contributed by atoms with E-state index in [0.29, 0.717) is 12.6 Å². The van der Waals surface area contributed by atoms with Gasteiger partial charge >= 0.3 is 5.97 Å². The minimum atomic E-state index is -1.14. The topological polar surface area (TPSA) is 55.8 Å². The molecule has 1 unspecified atom stereocenters. The third-order valence-corrected chi connectivity index (χ3v) is 8.70. The van der Waals surface area contributed by atoms with Gasteiger partial charge in [0.15, 0.2) is 0 Å². The number of anilines is 1. The van der Waals surface area contributed by atoms with Gasteiger partial charge in [0.25, 0.3) is 0 Å². The standard InChI is InChI=1S/C31H41N3O2/c1-30(2,3)31(29(35)36)25-14-8-9-15-27(25)32-28(23-12-6-4-7-13-23)26(31)22-33-20-16-24(17-21-33)34-18-10-5-11-19-34/h4,6-9,12-15,24,32H,5,10-11,16-22H2,1-3H3,(H,35,36). The molecular formula is C31H41N3O2. The molecule has 2 saturated heterocycles. The van der Waals surface area contributed by atoms with Gasteiger partial charge in [-0.3, -0.25) is 9.69 Å². The zero-order valence-corrected chi connectivity index (χ0v) is 22.1. The molecule has 0 amide bonds. The summed E-state index contributed by atoms with van der Waals surface area (Å²) in [6.07, 6.45) is 6.34. The molecule has 1 atom stereocenters. The Morgan fingerprint density at radius 1 is 0.944 bits per heavy atom. The van der Waals surface area contributed by atoms with Crippen LogP contribution in [0.1, 0.15) is 64.0 Å². The van der Waals surface area contributed by atoms with E-state index in [4.69, 9.17) is 0 Å². The summed E-state index contributed by atoms with van der Waals surface area (Å²) in [5.74, 6) is -0.768. The van der Waals surface area contributed by atoms with Gasteiger partial charge in [-0.1, -0.05) is 75.7 Å². The summed E-state index contributed by atoms with van der Waals surface area (Å²) in [6, 6.07) is 18.9. The molecule has 0 bridgehead atoms. The molecule has 192 valence electrons. The van der Waals surface area contributed by atoms with E-state index in [0.717, 1.165) is 54.0 Å². The molecule has 5 rings (SSSR count). The quantitative estimate of drug-likeness (QED) is 0.555. The highest BCUT2D eigenvalue weighted by Crippen LogP contribution is 2.54. The Morgan fingerprint density at radius 2 is 1.58 bits per heavy atom. The van der Waals surface area contributed by atoms with Crippen molar-refractivity contribution in [2.45, 2.75) is 64.3 Å². The molecule has 0 radical (unpaired) electrons. The van der Waals surface area contributed by atoms with Crippen molar-refractivity contribution in [3.05, 3.63) is 71.3 Å². The SMILES string of the molecule is CC(C)(C)C1(C(=O)O)C(CN2CCC(N3CCCCC3)CC2)=C(c2ccccc2)Nc2ccccc21. The fraction of sp³-hybridized carbons (Fsp3) is 0.516. The first-order chi connectivity index (χ1) is 17.3. The van der Waals surface area contributed by atoms with Gasteiger partial charge in [-0.2, -0.15) is 0 Å². The van der Waals surface area contributed by atoms with Crippen LogP contribution in [-0.2, 0) is 10.2 Å². The Hall–Kier alpha value is -2.63. The number of carbonyl (C=O) groups is 1. The predicted octanol–water partition coefficient (Wildman–Crippen LogP) is 5.84. The number of rotatable bonds is 5. The van der Waals surface area contributed by atoms with Crippen molar-refractivity contribution in [1.29, 1.82) is 0 Å². The van der Waals surface area contributed by atoms with Crippen molar-refractivity contribution < 1.29 is 9.90 Å². The number of carboxylic acid groups (broad SMARTS) is 1. The molecule has 2 aromatic carbocycles. The molecule has 0 saturated carbocycles.